The van der Waals surface area contributed by atoms with Crippen LogP contribution in [0.4, 0.5) is 0 Å². The molecule has 0 saturated carbocycles. The van der Waals surface area contributed by atoms with Gasteiger partial charge in [-0.05, 0) is 45.4 Å². The van der Waals surface area contributed by atoms with Gasteiger partial charge in [0.2, 0.25) is 0 Å². The maximum Gasteiger partial charge on any atom is 0.137 e. The molecule has 1 aliphatic rings. The fourth-order valence-corrected chi connectivity index (χ4v) is 3.28. The van der Waals surface area contributed by atoms with Crippen LogP contribution in [0.2, 0.25) is 0 Å². The van der Waals surface area contributed by atoms with Gasteiger partial charge in [-0.15, -0.1) is 0 Å². The van der Waals surface area contributed by atoms with Gasteiger partial charge in [0.1, 0.15) is 5.65 Å². The van der Waals surface area contributed by atoms with Gasteiger partial charge >= 0.3 is 0 Å². The first-order chi connectivity index (χ1) is 9.66. The Labute approximate surface area is 120 Å². The predicted octanol–water partition coefficient (Wildman–Crippen LogP) is 2.60. The van der Waals surface area contributed by atoms with E-state index >= 15 is 0 Å². The van der Waals surface area contributed by atoms with Crippen molar-refractivity contribution in [3.8, 4) is 0 Å². The van der Waals surface area contributed by atoms with Crippen LogP contribution in [0.5, 0.6) is 0 Å². The van der Waals surface area contributed by atoms with E-state index in [-0.39, 0.29) is 12.1 Å². The van der Waals surface area contributed by atoms with Gasteiger partial charge < -0.3 is 10.1 Å². The van der Waals surface area contributed by atoms with Gasteiger partial charge in [-0.3, -0.25) is 4.90 Å². The highest BCUT2D eigenvalue weighted by molar-refractivity contribution is 5.40. The summed E-state index contributed by atoms with van der Waals surface area (Å²) in [5.74, 6) is 0. The maximum absolute atomic E-state index is 6.47. The van der Waals surface area contributed by atoms with Gasteiger partial charge in [-0.1, -0.05) is 12.5 Å². The molecule has 3 rings (SSSR count). The molecule has 0 radical (unpaired) electrons. The minimum Gasteiger partial charge on any atom is -0.326 e. The van der Waals surface area contributed by atoms with Gasteiger partial charge in [0.15, 0.2) is 0 Å². The Morgan fingerprint density at radius 3 is 2.90 bits per heavy atom. The second-order valence-corrected chi connectivity index (χ2v) is 6.07. The zero-order chi connectivity index (χ0) is 14.1. The number of pyridine rings is 1. The van der Waals surface area contributed by atoms with E-state index in [2.05, 4.69) is 29.3 Å². The summed E-state index contributed by atoms with van der Waals surface area (Å²) in [4.78, 5) is 7.32. The lowest BCUT2D eigenvalue weighted by Crippen LogP contribution is -2.43. The number of imidazole rings is 1. The molecule has 0 amide bonds. The lowest BCUT2D eigenvalue weighted by Gasteiger charge is -2.35. The molecule has 20 heavy (non-hydrogen) atoms. The molecule has 2 aromatic heterocycles. The third-order valence-electron chi connectivity index (χ3n) is 4.32. The van der Waals surface area contributed by atoms with E-state index in [4.69, 9.17) is 10.7 Å². The zero-order valence-electron chi connectivity index (χ0n) is 12.4. The SMILES string of the molecule is CC(C)N1CCCCC(N)C1c1cn2ccccc2n1. The minimum absolute atomic E-state index is 0.171. The third kappa shape index (κ3) is 2.45. The van der Waals surface area contributed by atoms with Crippen molar-refractivity contribution in [2.45, 2.75) is 51.2 Å². The summed E-state index contributed by atoms with van der Waals surface area (Å²) in [6.45, 7) is 5.62. The molecule has 0 bridgehead atoms. The maximum atomic E-state index is 6.47. The number of aromatic nitrogens is 2. The molecule has 2 N–H and O–H groups in total. The van der Waals surface area contributed by atoms with E-state index < -0.39 is 0 Å². The van der Waals surface area contributed by atoms with Crippen LogP contribution in [-0.2, 0) is 0 Å². The average molecular weight is 272 g/mol. The summed E-state index contributed by atoms with van der Waals surface area (Å²) in [6, 6.07) is 7.01. The summed E-state index contributed by atoms with van der Waals surface area (Å²) in [7, 11) is 0. The number of nitrogens with zero attached hydrogens (tertiary/aromatic N) is 3. The van der Waals surface area contributed by atoms with Gasteiger partial charge in [-0.25, -0.2) is 4.98 Å². The first-order valence-corrected chi connectivity index (χ1v) is 7.62. The predicted molar refractivity (Wildman–Crippen MR) is 81.6 cm³/mol. The Morgan fingerprint density at radius 1 is 1.30 bits per heavy atom. The summed E-state index contributed by atoms with van der Waals surface area (Å²) in [5, 5.41) is 0. The second kappa shape index (κ2) is 5.54. The van der Waals surface area contributed by atoms with Crippen molar-refractivity contribution >= 4 is 5.65 Å². The number of hydrogen-bond donors (Lipinski definition) is 1. The fourth-order valence-electron chi connectivity index (χ4n) is 3.28. The van der Waals surface area contributed by atoms with E-state index in [1.165, 1.54) is 12.8 Å². The molecule has 108 valence electrons. The van der Waals surface area contributed by atoms with Crippen molar-refractivity contribution in [3.05, 3.63) is 36.3 Å². The lowest BCUT2D eigenvalue weighted by molar-refractivity contribution is 0.141. The first kappa shape index (κ1) is 13.6. The van der Waals surface area contributed by atoms with Crippen molar-refractivity contribution in [1.82, 2.24) is 14.3 Å². The molecule has 1 aliphatic heterocycles. The lowest BCUT2D eigenvalue weighted by atomic mass is 10.0. The minimum atomic E-state index is 0.171. The number of nitrogens with two attached hydrogens (primary N) is 1. The molecule has 4 heteroatoms. The van der Waals surface area contributed by atoms with Crippen LogP contribution in [0.25, 0.3) is 5.65 Å². The van der Waals surface area contributed by atoms with Crippen LogP contribution >= 0.6 is 0 Å². The van der Waals surface area contributed by atoms with Crippen molar-refractivity contribution in [3.63, 3.8) is 0 Å². The molecule has 0 aliphatic carbocycles. The quantitative estimate of drug-likeness (QED) is 0.914. The average Bonchev–Trinajstić information content (AvgIpc) is 2.74. The molecule has 3 heterocycles. The molecule has 1 saturated heterocycles. The molecule has 0 spiro atoms. The number of likely N-dealkylation sites (tertiary alicyclic amines) is 1. The Morgan fingerprint density at radius 2 is 2.15 bits per heavy atom. The molecule has 2 atom stereocenters. The van der Waals surface area contributed by atoms with Crippen molar-refractivity contribution in [2.75, 3.05) is 6.54 Å². The number of fused-ring (bicyclic) bond motifs is 1. The van der Waals surface area contributed by atoms with E-state index in [0.717, 1.165) is 24.3 Å². The van der Waals surface area contributed by atoms with Crippen LogP contribution in [0.15, 0.2) is 30.6 Å². The Balaban J connectivity index is 2.02. The highest BCUT2D eigenvalue weighted by Crippen LogP contribution is 2.30. The van der Waals surface area contributed by atoms with Crippen molar-refractivity contribution in [1.29, 1.82) is 0 Å². The molecular formula is C16H24N4. The van der Waals surface area contributed by atoms with Gasteiger partial charge in [-0.2, -0.15) is 0 Å². The molecule has 0 aromatic carbocycles. The molecule has 1 fully saturated rings. The van der Waals surface area contributed by atoms with Crippen LogP contribution in [0.3, 0.4) is 0 Å². The van der Waals surface area contributed by atoms with Crippen LogP contribution < -0.4 is 5.73 Å². The standard InChI is InChI=1S/C16H24N4/c1-12(2)20-10-6-3-7-13(17)16(20)14-11-19-9-5-4-8-15(19)18-14/h4-5,8-9,11-13,16H,3,6-7,10,17H2,1-2H3. The van der Waals surface area contributed by atoms with E-state index in [9.17, 15) is 0 Å². The molecular weight excluding hydrogens is 248 g/mol. The van der Waals surface area contributed by atoms with Gasteiger partial charge in [0.25, 0.3) is 0 Å². The number of hydrogen-bond acceptors (Lipinski definition) is 3. The van der Waals surface area contributed by atoms with Crippen LogP contribution in [0.1, 0.15) is 44.8 Å². The zero-order valence-corrected chi connectivity index (χ0v) is 12.4. The van der Waals surface area contributed by atoms with E-state index in [1.807, 2.05) is 24.4 Å². The monoisotopic (exact) mass is 272 g/mol. The topological polar surface area (TPSA) is 46.6 Å². The van der Waals surface area contributed by atoms with Crippen LogP contribution in [-0.4, -0.2) is 32.9 Å². The largest absolute Gasteiger partial charge is 0.326 e. The molecule has 4 nitrogen and oxygen atoms in total. The first-order valence-electron chi connectivity index (χ1n) is 7.62. The Kier molecular flexibility index (Phi) is 3.76. The fraction of sp³-hybridized carbons (Fsp3) is 0.562. The van der Waals surface area contributed by atoms with E-state index in [1.54, 1.807) is 0 Å². The highest BCUT2D eigenvalue weighted by Gasteiger charge is 2.32. The molecule has 2 aromatic rings. The normalized spacial score (nSPS) is 25.2. The van der Waals surface area contributed by atoms with Gasteiger partial charge in [0, 0.05) is 24.5 Å². The van der Waals surface area contributed by atoms with E-state index in [0.29, 0.717) is 6.04 Å². The third-order valence-corrected chi connectivity index (χ3v) is 4.32. The summed E-state index contributed by atoms with van der Waals surface area (Å²) in [5.41, 5.74) is 8.58. The molecule has 2 unspecified atom stereocenters. The van der Waals surface area contributed by atoms with Crippen molar-refractivity contribution in [2.24, 2.45) is 5.73 Å². The number of rotatable bonds is 2. The smallest absolute Gasteiger partial charge is 0.137 e. The Bertz CT molecular complexity index is 542. The summed E-state index contributed by atoms with van der Waals surface area (Å²) in [6.07, 6.45) is 7.72. The van der Waals surface area contributed by atoms with Crippen molar-refractivity contribution < 1.29 is 0 Å². The summed E-state index contributed by atoms with van der Waals surface area (Å²) >= 11 is 0. The Hall–Kier alpha value is -1.39. The second-order valence-electron chi connectivity index (χ2n) is 6.07. The van der Waals surface area contributed by atoms with Crippen LogP contribution in [0, 0.1) is 0 Å². The summed E-state index contributed by atoms with van der Waals surface area (Å²) < 4.78 is 2.09. The highest BCUT2D eigenvalue weighted by atomic mass is 15.2. The van der Waals surface area contributed by atoms with Gasteiger partial charge in [0.05, 0.1) is 11.7 Å².